The van der Waals surface area contributed by atoms with Crippen molar-refractivity contribution in [2.75, 3.05) is 13.7 Å². The second-order valence-electron chi connectivity index (χ2n) is 12.8. The zero-order valence-electron chi connectivity index (χ0n) is 23.4. The Kier molecular flexibility index (Phi) is 7.50. The molecular formula is C24H42N2O8Si2. The molecular weight excluding hydrogens is 500 g/mol. The first-order chi connectivity index (χ1) is 16.3. The second-order valence-corrected chi connectivity index (χ2v) is 22.3. The monoisotopic (exact) mass is 542 g/mol. The number of epoxide rings is 1. The van der Waals surface area contributed by atoms with E-state index in [1.165, 1.54) is 23.9 Å². The molecule has 12 heteroatoms. The van der Waals surface area contributed by atoms with Crippen LogP contribution in [-0.2, 0) is 27.9 Å². The van der Waals surface area contributed by atoms with Crippen molar-refractivity contribution < 1.29 is 27.9 Å². The van der Waals surface area contributed by atoms with E-state index < -0.39 is 64.0 Å². The summed E-state index contributed by atoms with van der Waals surface area (Å²) >= 11 is 0. The minimum atomic E-state index is -2.45. The molecule has 0 radical (unpaired) electrons. The Morgan fingerprint density at radius 3 is 2.17 bits per heavy atom. The van der Waals surface area contributed by atoms with Crippen molar-refractivity contribution in [2.45, 2.75) is 108 Å². The average Bonchev–Trinajstić information content (AvgIpc) is 3.40. The number of carbonyl (C=O) groups is 1. The van der Waals surface area contributed by atoms with E-state index in [0.29, 0.717) is 0 Å². The average molecular weight is 543 g/mol. The predicted molar refractivity (Wildman–Crippen MR) is 140 cm³/mol. The Balaban J connectivity index is 2.10. The van der Waals surface area contributed by atoms with Gasteiger partial charge in [0.25, 0.3) is 5.56 Å². The van der Waals surface area contributed by atoms with Gasteiger partial charge in [0.1, 0.15) is 12.2 Å². The molecule has 0 saturated carbocycles. The fourth-order valence-corrected chi connectivity index (χ4v) is 6.17. The third kappa shape index (κ3) is 5.08. The molecule has 2 aliphatic heterocycles. The summed E-state index contributed by atoms with van der Waals surface area (Å²) < 4.78 is 32.2. The highest BCUT2D eigenvalue weighted by Crippen LogP contribution is 2.56. The van der Waals surface area contributed by atoms with E-state index in [-0.39, 0.29) is 16.7 Å². The highest BCUT2D eigenvalue weighted by Gasteiger charge is 2.77. The van der Waals surface area contributed by atoms with E-state index in [1.54, 1.807) is 0 Å². The summed E-state index contributed by atoms with van der Waals surface area (Å²) in [5.41, 5.74) is -2.34. The quantitative estimate of drug-likeness (QED) is 0.317. The maximum atomic E-state index is 12.8. The van der Waals surface area contributed by atoms with Gasteiger partial charge in [0.2, 0.25) is 0 Å². The number of hydrogen-bond acceptors (Lipinski definition) is 8. The van der Waals surface area contributed by atoms with Crippen LogP contribution in [0.3, 0.4) is 0 Å². The van der Waals surface area contributed by atoms with Crippen LogP contribution < -0.4 is 11.2 Å². The van der Waals surface area contributed by atoms with Crippen LogP contribution in [0.4, 0.5) is 0 Å². The smallest absolute Gasteiger partial charge is 0.338 e. The number of aromatic amines is 1. The number of carbonyl (C=O) groups excluding carboxylic acids is 1. The third-order valence-electron chi connectivity index (χ3n) is 8.36. The van der Waals surface area contributed by atoms with Crippen molar-refractivity contribution in [3.63, 3.8) is 0 Å². The largest absolute Gasteiger partial charge is 0.467 e. The van der Waals surface area contributed by atoms with Gasteiger partial charge in [-0.05, 0) is 36.3 Å². The lowest BCUT2D eigenvalue weighted by atomic mass is 9.94. The molecule has 1 spiro atoms. The predicted octanol–water partition coefficient (Wildman–Crippen LogP) is 3.16. The van der Waals surface area contributed by atoms with E-state index in [0.717, 1.165) is 0 Å². The Morgan fingerprint density at radius 1 is 1.08 bits per heavy atom. The molecule has 3 heterocycles. The molecule has 36 heavy (non-hydrogen) atoms. The molecule has 0 aromatic carbocycles. The van der Waals surface area contributed by atoms with Gasteiger partial charge >= 0.3 is 11.7 Å². The van der Waals surface area contributed by atoms with Gasteiger partial charge in [0.05, 0.1) is 13.7 Å². The molecule has 1 aromatic rings. The minimum absolute atomic E-state index is 0.0444. The molecule has 1 N–H and O–H groups in total. The molecule has 0 aliphatic carbocycles. The van der Waals surface area contributed by atoms with E-state index in [9.17, 15) is 14.4 Å². The van der Waals surface area contributed by atoms with Gasteiger partial charge in [-0.3, -0.25) is 14.3 Å². The van der Waals surface area contributed by atoms with Gasteiger partial charge in [-0.2, -0.15) is 0 Å². The van der Waals surface area contributed by atoms with Crippen LogP contribution in [0.1, 0.15) is 47.8 Å². The fraction of sp³-hybridized carbons (Fsp3) is 0.792. The lowest BCUT2D eigenvalue weighted by Gasteiger charge is -2.40. The summed E-state index contributed by atoms with van der Waals surface area (Å²) in [4.78, 5) is 39.6. The summed E-state index contributed by atoms with van der Waals surface area (Å²) in [5.74, 6) is -0.533. The number of rotatable bonds is 7. The van der Waals surface area contributed by atoms with Crippen LogP contribution in [-0.4, -0.2) is 69.8 Å². The van der Waals surface area contributed by atoms with Crippen molar-refractivity contribution in [1.29, 1.82) is 0 Å². The highest BCUT2D eigenvalue weighted by atomic mass is 28.4. The molecule has 0 amide bonds. The first-order valence-electron chi connectivity index (χ1n) is 12.3. The summed E-state index contributed by atoms with van der Waals surface area (Å²) in [5, 5.41) is -0.211. The lowest BCUT2D eigenvalue weighted by Crippen LogP contribution is -2.53. The van der Waals surface area contributed by atoms with Crippen molar-refractivity contribution in [3.05, 3.63) is 33.1 Å². The number of ether oxygens (including phenoxy) is 3. The van der Waals surface area contributed by atoms with Crippen molar-refractivity contribution in [2.24, 2.45) is 0 Å². The molecule has 3 rings (SSSR count). The molecule has 204 valence electrons. The van der Waals surface area contributed by atoms with Gasteiger partial charge in [0, 0.05) is 12.3 Å². The standard InChI is InChI=1S/C24H42N2O8Si2/c1-22(2,3)35(8,9)31-14-15-24(18(33-24)20(28)30-7)17(34-36(10,11)23(4,5)6)19(32-15)26-13-12-16(27)25-21(26)29/h12-13,15,17-19H,14H2,1-11H3,(H,25,27,29)/t15-,17+,18+,19-,24+/m1/s1. The van der Waals surface area contributed by atoms with Crippen LogP contribution in [0.5, 0.6) is 0 Å². The minimum Gasteiger partial charge on any atom is -0.467 e. The molecule has 0 bridgehead atoms. The zero-order chi connectivity index (χ0) is 27.5. The van der Waals surface area contributed by atoms with Crippen LogP contribution >= 0.6 is 0 Å². The number of aromatic nitrogens is 2. The van der Waals surface area contributed by atoms with E-state index >= 15 is 0 Å². The van der Waals surface area contributed by atoms with Crippen LogP contribution in [0, 0.1) is 0 Å². The highest BCUT2D eigenvalue weighted by molar-refractivity contribution is 6.74. The van der Waals surface area contributed by atoms with Gasteiger partial charge in [-0.15, -0.1) is 0 Å². The summed E-state index contributed by atoms with van der Waals surface area (Å²) in [6.45, 7) is 21.3. The molecule has 2 aliphatic rings. The normalized spacial score (nSPS) is 29.0. The molecule has 1 aromatic heterocycles. The molecule has 5 atom stereocenters. The number of esters is 1. The summed E-state index contributed by atoms with van der Waals surface area (Å²) in [6.07, 6.45) is -1.98. The number of H-pyrrole nitrogens is 1. The van der Waals surface area contributed by atoms with Gasteiger partial charge in [-0.1, -0.05) is 41.5 Å². The third-order valence-corrected chi connectivity index (χ3v) is 17.3. The first-order valence-corrected chi connectivity index (χ1v) is 18.1. The second kappa shape index (κ2) is 9.31. The molecule has 2 saturated heterocycles. The van der Waals surface area contributed by atoms with Crippen molar-refractivity contribution >= 4 is 22.6 Å². The van der Waals surface area contributed by atoms with E-state index in [2.05, 4.69) is 72.7 Å². The molecule has 0 unspecified atom stereocenters. The SMILES string of the molecule is COC(=O)[C@@H]1O[C@]12[C@@H](CO[Si](C)(C)C(C)(C)C)O[C@@H](n1ccc(=O)[nH]c1=O)[C@@H]2O[Si](C)(C)C(C)(C)C. The summed E-state index contributed by atoms with van der Waals surface area (Å²) in [7, 11) is -3.32. The molecule has 2 fully saturated rings. The van der Waals surface area contributed by atoms with Gasteiger partial charge in [0.15, 0.2) is 34.6 Å². The Labute approximate surface area is 214 Å². The van der Waals surface area contributed by atoms with E-state index in [4.69, 9.17) is 23.1 Å². The zero-order valence-corrected chi connectivity index (χ0v) is 25.4. The van der Waals surface area contributed by atoms with Crippen molar-refractivity contribution in [3.8, 4) is 0 Å². The van der Waals surface area contributed by atoms with Crippen LogP contribution in [0.25, 0.3) is 0 Å². The van der Waals surface area contributed by atoms with Gasteiger partial charge < -0.3 is 23.1 Å². The number of methoxy groups -OCH3 is 1. The fourth-order valence-electron chi connectivity index (χ4n) is 3.88. The van der Waals surface area contributed by atoms with Gasteiger partial charge in [-0.25, -0.2) is 9.59 Å². The number of hydrogen-bond donors (Lipinski definition) is 1. The Bertz CT molecular complexity index is 1100. The van der Waals surface area contributed by atoms with Crippen LogP contribution in [0.15, 0.2) is 21.9 Å². The lowest BCUT2D eigenvalue weighted by molar-refractivity contribution is -0.142. The topological polar surface area (TPSA) is 121 Å². The Hall–Kier alpha value is -1.58. The van der Waals surface area contributed by atoms with Crippen molar-refractivity contribution in [1.82, 2.24) is 9.55 Å². The number of nitrogens with one attached hydrogen (secondary N) is 1. The number of nitrogens with zero attached hydrogens (tertiary/aromatic N) is 1. The maximum absolute atomic E-state index is 12.8. The van der Waals surface area contributed by atoms with E-state index in [1.807, 2.05) is 0 Å². The van der Waals surface area contributed by atoms with Crippen LogP contribution in [0.2, 0.25) is 36.3 Å². The Morgan fingerprint density at radius 2 is 1.67 bits per heavy atom. The first kappa shape index (κ1) is 29.0. The maximum Gasteiger partial charge on any atom is 0.338 e. The molecule has 10 nitrogen and oxygen atoms in total. The summed E-state index contributed by atoms with van der Waals surface area (Å²) in [6, 6.07) is 1.26.